The number of nitrogens with zero attached hydrogens (tertiary/aromatic N) is 2. The fourth-order valence-electron chi connectivity index (χ4n) is 1.60. The van der Waals surface area contributed by atoms with Crippen LogP contribution in [0.25, 0.3) is 11.4 Å². The van der Waals surface area contributed by atoms with E-state index in [1.54, 1.807) is 13.3 Å². The lowest BCUT2D eigenvalue weighted by Gasteiger charge is -2.09. The van der Waals surface area contributed by atoms with Crippen molar-refractivity contribution < 1.29 is 4.74 Å². The molecule has 0 radical (unpaired) electrons. The van der Waals surface area contributed by atoms with Crippen molar-refractivity contribution in [1.29, 1.82) is 0 Å². The van der Waals surface area contributed by atoms with Crippen molar-refractivity contribution in [2.24, 2.45) is 0 Å². The van der Waals surface area contributed by atoms with Crippen LogP contribution >= 0.6 is 0 Å². The Morgan fingerprint density at radius 1 is 1.24 bits per heavy atom. The lowest BCUT2D eigenvalue weighted by Crippen LogP contribution is -1.99. The van der Waals surface area contributed by atoms with E-state index in [9.17, 15) is 0 Å². The summed E-state index contributed by atoms with van der Waals surface area (Å²) in [4.78, 5) is 8.62. The van der Waals surface area contributed by atoms with Crippen LogP contribution < -0.4 is 10.5 Å². The first-order valence-electron chi connectivity index (χ1n) is 5.36. The zero-order valence-electron chi connectivity index (χ0n) is 10.2. The molecule has 4 nitrogen and oxygen atoms in total. The fraction of sp³-hybridized carbons (Fsp3) is 0.231. The highest BCUT2D eigenvalue weighted by atomic mass is 16.5. The van der Waals surface area contributed by atoms with Gasteiger partial charge >= 0.3 is 0 Å². The Hall–Kier alpha value is -2.10. The van der Waals surface area contributed by atoms with Crippen molar-refractivity contribution in [3.05, 3.63) is 35.7 Å². The molecular formula is C13H15N3O. The first-order chi connectivity index (χ1) is 8.11. The molecule has 1 aromatic carbocycles. The van der Waals surface area contributed by atoms with Gasteiger partial charge < -0.3 is 10.5 Å². The molecule has 0 unspecified atom stereocenters. The second kappa shape index (κ2) is 4.41. The van der Waals surface area contributed by atoms with E-state index in [0.717, 1.165) is 22.6 Å². The van der Waals surface area contributed by atoms with Gasteiger partial charge in [-0.15, -0.1) is 0 Å². The Bertz CT molecular complexity index is 552. The Kier molecular flexibility index (Phi) is 2.95. The molecule has 0 amide bonds. The molecule has 4 heteroatoms. The Labute approximate surface area is 100 Å². The molecule has 0 aliphatic carbocycles. The minimum atomic E-state index is 0.598. The van der Waals surface area contributed by atoms with Crippen molar-refractivity contribution in [1.82, 2.24) is 9.97 Å². The van der Waals surface area contributed by atoms with Crippen LogP contribution in [0.3, 0.4) is 0 Å². The topological polar surface area (TPSA) is 61.0 Å². The quantitative estimate of drug-likeness (QED) is 0.858. The molecule has 0 saturated heterocycles. The third-order valence-corrected chi connectivity index (χ3v) is 2.61. The largest absolute Gasteiger partial charge is 0.496 e. The van der Waals surface area contributed by atoms with Crippen LogP contribution in [0.4, 0.5) is 5.69 Å². The van der Waals surface area contributed by atoms with Crippen molar-refractivity contribution in [2.75, 3.05) is 12.8 Å². The molecule has 1 heterocycles. The van der Waals surface area contributed by atoms with Crippen LogP contribution in [0.2, 0.25) is 0 Å². The summed E-state index contributed by atoms with van der Waals surface area (Å²) in [6.07, 6.45) is 1.62. The average Bonchev–Trinajstić information content (AvgIpc) is 2.32. The van der Waals surface area contributed by atoms with E-state index in [-0.39, 0.29) is 0 Å². The van der Waals surface area contributed by atoms with E-state index in [4.69, 9.17) is 10.5 Å². The predicted molar refractivity (Wildman–Crippen MR) is 67.9 cm³/mol. The van der Waals surface area contributed by atoms with Crippen LogP contribution in [0.5, 0.6) is 5.75 Å². The standard InChI is InChI=1S/C13H15N3O/c1-8-4-5-12(17-3)10(6-8)13-15-7-11(14)9(2)16-13/h4-7H,14H2,1-3H3. The SMILES string of the molecule is COc1ccc(C)cc1-c1ncc(N)c(C)n1. The number of ether oxygens (including phenoxy) is 1. The summed E-state index contributed by atoms with van der Waals surface area (Å²) in [5.41, 5.74) is 9.11. The van der Waals surface area contributed by atoms with Gasteiger partial charge in [0.25, 0.3) is 0 Å². The van der Waals surface area contributed by atoms with Crippen LogP contribution in [-0.2, 0) is 0 Å². The van der Waals surface area contributed by atoms with Crippen molar-refractivity contribution in [3.8, 4) is 17.1 Å². The number of methoxy groups -OCH3 is 1. The third kappa shape index (κ3) is 2.20. The first kappa shape index (κ1) is 11.4. The van der Waals surface area contributed by atoms with Gasteiger partial charge in [0.05, 0.1) is 30.3 Å². The number of anilines is 1. The highest BCUT2D eigenvalue weighted by molar-refractivity contribution is 5.66. The number of aryl methyl sites for hydroxylation is 2. The molecular weight excluding hydrogens is 214 g/mol. The molecule has 0 saturated carbocycles. The van der Waals surface area contributed by atoms with E-state index in [1.807, 2.05) is 32.0 Å². The normalized spacial score (nSPS) is 10.3. The van der Waals surface area contributed by atoms with Crippen molar-refractivity contribution in [2.45, 2.75) is 13.8 Å². The molecule has 0 bridgehead atoms. The monoisotopic (exact) mass is 229 g/mol. The van der Waals surface area contributed by atoms with Crippen LogP contribution in [0.15, 0.2) is 24.4 Å². The maximum Gasteiger partial charge on any atom is 0.163 e. The lowest BCUT2D eigenvalue weighted by atomic mass is 10.1. The molecule has 88 valence electrons. The lowest BCUT2D eigenvalue weighted by molar-refractivity contribution is 0.416. The van der Waals surface area contributed by atoms with E-state index in [2.05, 4.69) is 9.97 Å². The Morgan fingerprint density at radius 3 is 2.65 bits per heavy atom. The number of nitrogen functional groups attached to an aromatic ring is 1. The molecule has 1 aromatic heterocycles. The van der Waals surface area contributed by atoms with E-state index < -0.39 is 0 Å². The summed E-state index contributed by atoms with van der Waals surface area (Å²) in [5.74, 6) is 1.40. The minimum absolute atomic E-state index is 0.598. The molecule has 0 fully saturated rings. The molecule has 2 aromatic rings. The summed E-state index contributed by atoms with van der Waals surface area (Å²) in [6.45, 7) is 3.88. The highest BCUT2D eigenvalue weighted by Gasteiger charge is 2.09. The van der Waals surface area contributed by atoms with Gasteiger partial charge in [-0.3, -0.25) is 0 Å². The zero-order chi connectivity index (χ0) is 12.4. The number of rotatable bonds is 2. The number of nitrogens with two attached hydrogens (primary N) is 1. The second-order valence-electron chi connectivity index (χ2n) is 3.94. The Morgan fingerprint density at radius 2 is 2.00 bits per heavy atom. The maximum absolute atomic E-state index is 5.71. The number of hydrogen-bond acceptors (Lipinski definition) is 4. The zero-order valence-corrected chi connectivity index (χ0v) is 10.2. The summed E-state index contributed by atoms with van der Waals surface area (Å²) in [6, 6.07) is 5.91. The van der Waals surface area contributed by atoms with Crippen molar-refractivity contribution >= 4 is 5.69 Å². The van der Waals surface area contributed by atoms with E-state index in [1.165, 1.54) is 0 Å². The van der Waals surface area contributed by atoms with Crippen LogP contribution in [0.1, 0.15) is 11.3 Å². The van der Waals surface area contributed by atoms with E-state index in [0.29, 0.717) is 11.5 Å². The van der Waals surface area contributed by atoms with Gasteiger partial charge in [-0.25, -0.2) is 9.97 Å². The highest BCUT2D eigenvalue weighted by Crippen LogP contribution is 2.28. The van der Waals surface area contributed by atoms with Gasteiger partial charge in [0.2, 0.25) is 0 Å². The predicted octanol–water partition coefficient (Wildman–Crippen LogP) is 2.35. The van der Waals surface area contributed by atoms with Gasteiger partial charge in [-0.05, 0) is 26.0 Å². The Balaban J connectivity index is 2.58. The molecule has 0 aliphatic heterocycles. The molecule has 0 spiro atoms. The smallest absolute Gasteiger partial charge is 0.163 e. The first-order valence-corrected chi connectivity index (χ1v) is 5.36. The van der Waals surface area contributed by atoms with Gasteiger partial charge in [0.1, 0.15) is 5.75 Å². The second-order valence-corrected chi connectivity index (χ2v) is 3.94. The summed E-state index contributed by atoms with van der Waals surface area (Å²) < 4.78 is 5.31. The molecule has 17 heavy (non-hydrogen) atoms. The number of hydrogen-bond donors (Lipinski definition) is 1. The summed E-state index contributed by atoms with van der Waals surface area (Å²) >= 11 is 0. The molecule has 0 atom stereocenters. The van der Waals surface area contributed by atoms with Crippen molar-refractivity contribution in [3.63, 3.8) is 0 Å². The van der Waals surface area contributed by atoms with E-state index >= 15 is 0 Å². The molecule has 2 N–H and O–H groups in total. The third-order valence-electron chi connectivity index (χ3n) is 2.61. The maximum atomic E-state index is 5.71. The van der Waals surface area contributed by atoms with Gasteiger partial charge in [-0.1, -0.05) is 11.6 Å². The van der Waals surface area contributed by atoms with Gasteiger partial charge in [-0.2, -0.15) is 0 Å². The van der Waals surface area contributed by atoms with Gasteiger partial charge in [0.15, 0.2) is 5.82 Å². The average molecular weight is 229 g/mol. The minimum Gasteiger partial charge on any atom is -0.496 e. The van der Waals surface area contributed by atoms with Crippen LogP contribution in [-0.4, -0.2) is 17.1 Å². The fourth-order valence-corrected chi connectivity index (χ4v) is 1.60. The summed E-state index contributed by atoms with van der Waals surface area (Å²) in [5, 5.41) is 0. The van der Waals surface area contributed by atoms with Gasteiger partial charge in [0, 0.05) is 0 Å². The molecule has 2 rings (SSSR count). The molecule has 0 aliphatic rings. The number of benzene rings is 1. The number of aromatic nitrogens is 2. The van der Waals surface area contributed by atoms with Crippen LogP contribution in [0, 0.1) is 13.8 Å². The summed E-state index contributed by atoms with van der Waals surface area (Å²) in [7, 11) is 1.64.